The van der Waals surface area contributed by atoms with Crippen LogP contribution in [0.4, 0.5) is 0 Å². The molecule has 0 heteroatoms. The molecule has 3 unspecified atom stereocenters. The predicted molar refractivity (Wildman–Crippen MR) is 75.4 cm³/mol. The second kappa shape index (κ2) is 4.48. The van der Waals surface area contributed by atoms with Gasteiger partial charge in [0.2, 0.25) is 0 Å². The average molecular weight is 230 g/mol. The second-order valence-electron chi connectivity index (χ2n) is 6.57. The molecule has 0 radical (unpaired) electrons. The highest BCUT2D eigenvalue weighted by Crippen LogP contribution is 2.45. The van der Waals surface area contributed by atoms with Crippen LogP contribution in [0.15, 0.2) is 18.2 Å². The molecule has 1 aromatic carbocycles. The molecule has 2 rings (SSSR count). The van der Waals surface area contributed by atoms with Crippen LogP contribution in [-0.4, -0.2) is 0 Å². The highest BCUT2D eigenvalue weighted by atomic mass is 14.4. The predicted octanol–water partition coefficient (Wildman–Crippen LogP) is 5.02. The largest absolute Gasteiger partial charge is 0.0625 e. The van der Waals surface area contributed by atoms with Crippen LogP contribution in [0.3, 0.4) is 0 Å². The lowest BCUT2D eigenvalue weighted by atomic mass is 9.62. The summed E-state index contributed by atoms with van der Waals surface area (Å²) in [5, 5.41) is 0. The topological polar surface area (TPSA) is 0 Å². The smallest absolute Gasteiger partial charge is 0.00493 e. The average Bonchev–Trinajstić information content (AvgIpc) is 2.22. The van der Waals surface area contributed by atoms with E-state index in [9.17, 15) is 0 Å². The first-order valence-corrected chi connectivity index (χ1v) is 7.00. The lowest BCUT2D eigenvalue weighted by Crippen LogP contribution is -2.36. The Morgan fingerprint density at radius 1 is 1.06 bits per heavy atom. The van der Waals surface area contributed by atoms with Crippen LogP contribution < -0.4 is 0 Å². The molecule has 3 atom stereocenters. The molecule has 0 nitrogen and oxygen atoms in total. The summed E-state index contributed by atoms with van der Waals surface area (Å²) >= 11 is 0. The summed E-state index contributed by atoms with van der Waals surface area (Å²) in [5.41, 5.74) is 4.78. The van der Waals surface area contributed by atoms with Crippen LogP contribution in [-0.2, 0) is 5.41 Å². The van der Waals surface area contributed by atoms with Gasteiger partial charge in [-0.2, -0.15) is 0 Å². The first kappa shape index (κ1) is 12.7. The second-order valence-corrected chi connectivity index (χ2v) is 6.57. The highest BCUT2D eigenvalue weighted by Gasteiger charge is 2.37. The summed E-state index contributed by atoms with van der Waals surface area (Å²) in [4.78, 5) is 0. The zero-order valence-corrected chi connectivity index (χ0v) is 12.0. The molecule has 0 heterocycles. The van der Waals surface area contributed by atoms with Gasteiger partial charge in [0.15, 0.2) is 0 Å². The maximum atomic E-state index is 2.47. The quantitative estimate of drug-likeness (QED) is 0.635. The van der Waals surface area contributed by atoms with E-state index in [2.05, 4.69) is 52.8 Å². The molecule has 0 aliphatic heterocycles. The molecule has 1 aromatic rings. The van der Waals surface area contributed by atoms with Gasteiger partial charge in [-0.15, -0.1) is 0 Å². The van der Waals surface area contributed by atoms with E-state index in [0.29, 0.717) is 5.41 Å². The van der Waals surface area contributed by atoms with E-state index in [1.54, 1.807) is 5.56 Å². The number of benzene rings is 1. The van der Waals surface area contributed by atoms with Gasteiger partial charge in [0, 0.05) is 0 Å². The Kier molecular flexibility index (Phi) is 3.34. The van der Waals surface area contributed by atoms with Crippen molar-refractivity contribution < 1.29 is 0 Å². The van der Waals surface area contributed by atoms with Crippen LogP contribution in [0.25, 0.3) is 0 Å². The molecule has 0 saturated heterocycles. The van der Waals surface area contributed by atoms with E-state index in [1.807, 2.05) is 0 Å². The van der Waals surface area contributed by atoms with Crippen LogP contribution in [0.2, 0.25) is 0 Å². The maximum absolute atomic E-state index is 2.47. The molecule has 0 amide bonds. The first-order valence-electron chi connectivity index (χ1n) is 7.00. The van der Waals surface area contributed by atoms with Crippen LogP contribution in [0.1, 0.15) is 56.7 Å². The van der Waals surface area contributed by atoms with Gasteiger partial charge in [-0.25, -0.2) is 0 Å². The minimum atomic E-state index is 0.392. The highest BCUT2D eigenvalue weighted by molar-refractivity contribution is 5.34. The Morgan fingerprint density at radius 2 is 1.65 bits per heavy atom. The molecule has 0 bridgehead atoms. The summed E-state index contributed by atoms with van der Waals surface area (Å²) in [6, 6.07) is 7.09. The van der Waals surface area contributed by atoms with Crippen molar-refractivity contribution in [2.24, 2.45) is 11.8 Å². The zero-order chi connectivity index (χ0) is 12.6. The van der Waals surface area contributed by atoms with Crippen molar-refractivity contribution in [1.82, 2.24) is 0 Å². The number of hydrogen-bond donors (Lipinski definition) is 0. The number of rotatable bonds is 1. The fourth-order valence-corrected chi connectivity index (χ4v) is 3.51. The third kappa shape index (κ3) is 2.41. The van der Waals surface area contributed by atoms with E-state index in [4.69, 9.17) is 0 Å². The molecule has 94 valence electrons. The lowest BCUT2D eigenvalue weighted by molar-refractivity contribution is 0.176. The molecule has 1 aliphatic carbocycles. The molecular weight excluding hydrogens is 204 g/mol. The minimum Gasteiger partial charge on any atom is -0.0625 e. The van der Waals surface area contributed by atoms with Crippen molar-refractivity contribution in [1.29, 1.82) is 0 Å². The Morgan fingerprint density at radius 3 is 2.18 bits per heavy atom. The molecular formula is C17H26. The van der Waals surface area contributed by atoms with Gasteiger partial charge in [-0.05, 0) is 55.9 Å². The van der Waals surface area contributed by atoms with E-state index >= 15 is 0 Å². The van der Waals surface area contributed by atoms with Crippen molar-refractivity contribution in [2.45, 2.75) is 59.3 Å². The number of aryl methyl sites for hydroxylation is 2. The van der Waals surface area contributed by atoms with E-state index in [-0.39, 0.29) is 0 Å². The Bertz CT molecular complexity index is 384. The molecule has 0 N–H and O–H groups in total. The summed E-state index contributed by atoms with van der Waals surface area (Å²) in [7, 11) is 0. The van der Waals surface area contributed by atoms with Gasteiger partial charge in [-0.1, -0.05) is 50.1 Å². The number of hydrogen-bond acceptors (Lipinski definition) is 0. The summed E-state index contributed by atoms with van der Waals surface area (Å²) in [5.74, 6) is 1.71. The van der Waals surface area contributed by atoms with E-state index in [1.165, 1.54) is 30.4 Å². The first-order chi connectivity index (χ1) is 7.91. The molecule has 0 spiro atoms. The summed E-state index contributed by atoms with van der Waals surface area (Å²) < 4.78 is 0. The van der Waals surface area contributed by atoms with Crippen LogP contribution in [0, 0.1) is 25.7 Å². The summed E-state index contributed by atoms with van der Waals surface area (Å²) in [6.07, 6.45) is 4.11. The van der Waals surface area contributed by atoms with Gasteiger partial charge in [-0.3, -0.25) is 0 Å². The lowest BCUT2D eigenvalue weighted by Gasteiger charge is -2.43. The summed E-state index contributed by atoms with van der Waals surface area (Å²) in [6.45, 7) is 11.7. The monoisotopic (exact) mass is 230 g/mol. The fourth-order valence-electron chi connectivity index (χ4n) is 3.51. The van der Waals surface area contributed by atoms with Gasteiger partial charge in [0.1, 0.15) is 0 Å². The normalized spacial score (nSPS) is 33.7. The van der Waals surface area contributed by atoms with Crippen molar-refractivity contribution in [3.63, 3.8) is 0 Å². The zero-order valence-electron chi connectivity index (χ0n) is 12.0. The third-order valence-electron chi connectivity index (χ3n) is 4.88. The standard InChI is InChI=1S/C17H26/c1-12-6-7-17(5,15(4)9-12)16-10-13(2)8-14(3)11-16/h8,10-12,15H,6-7,9H2,1-5H3. The molecule has 1 aliphatic rings. The Hall–Kier alpha value is -0.780. The minimum absolute atomic E-state index is 0.392. The molecule has 1 saturated carbocycles. The van der Waals surface area contributed by atoms with Crippen molar-refractivity contribution in [3.8, 4) is 0 Å². The van der Waals surface area contributed by atoms with Crippen molar-refractivity contribution in [3.05, 3.63) is 34.9 Å². The van der Waals surface area contributed by atoms with Crippen LogP contribution in [0.5, 0.6) is 0 Å². The Labute approximate surface area is 106 Å². The van der Waals surface area contributed by atoms with E-state index in [0.717, 1.165) is 11.8 Å². The SMILES string of the molecule is Cc1cc(C)cc(C2(C)CCC(C)CC2C)c1. The Balaban J connectivity index is 2.37. The molecule has 0 aromatic heterocycles. The van der Waals surface area contributed by atoms with Crippen molar-refractivity contribution >= 4 is 0 Å². The molecule has 17 heavy (non-hydrogen) atoms. The van der Waals surface area contributed by atoms with E-state index < -0.39 is 0 Å². The third-order valence-corrected chi connectivity index (χ3v) is 4.88. The van der Waals surface area contributed by atoms with Gasteiger partial charge >= 0.3 is 0 Å². The van der Waals surface area contributed by atoms with Gasteiger partial charge < -0.3 is 0 Å². The maximum Gasteiger partial charge on any atom is -0.00493 e. The molecule has 1 fully saturated rings. The van der Waals surface area contributed by atoms with Gasteiger partial charge in [0.05, 0.1) is 0 Å². The van der Waals surface area contributed by atoms with Crippen molar-refractivity contribution in [2.75, 3.05) is 0 Å². The fraction of sp³-hybridized carbons (Fsp3) is 0.647. The van der Waals surface area contributed by atoms with Crippen LogP contribution >= 0.6 is 0 Å². The van der Waals surface area contributed by atoms with Gasteiger partial charge in [0.25, 0.3) is 0 Å².